The van der Waals surface area contributed by atoms with Gasteiger partial charge in [-0.05, 0) is 55.0 Å². The second-order valence-electron chi connectivity index (χ2n) is 12.1. The topological polar surface area (TPSA) is 104 Å². The second kappa shape index (κ2) is 12.4. The average Bonchev–Trinajstić information content (AvgIpc) is 3.54. The second-order valence-corrected chi connectivity index (χ2v) is 12.1. The first-order chi connectivity index (χ1) is 19.0. The molecule has 0 saturated carbocycles. The van der Waals surface area contributed by atoms with Gasteiger partial charge in [0.2, 0.25) is 17.4 Å². The Kier molecular flexibility index (Phi) is 9.15. The summed E-state index contributed by atoms with van der Waals surface area (Å²) < 4.78 is 14.9. The third-order valence-corrected chi connectivity index (χ3v) is 6.28. The molecular formula is C31H43N7O2. The molecular weight excluding hydrogens is 502 g/mol. The van der Waals surface area contributed by atoms with Crippen molar-refractivity contribution in [1.29, 1.82) is 0 Å². The largest absolute Gasteiger partial charge is 0.341 e. The van der Waals surface area contributed by atoms with Crippen molar-refractivity contribution in [3.8, 4) is 22.5 Å². The highest BCUT2D eigenvalue weighted by Gasteiger charge is 2.41. The minimum Gasteiger partial charge on any atom is -0.341 e. The van der Waals surface area contributed by atoms with Gasteiger partial charge in [-0.15, -0.1) is 10.2 Å². The van der Waals surface area contributed by atoms with E-state index in [-0.39, 0.29) is 17.6 Å². The summed E-state index contributed by atoms with van der Waals surface area (Å²) in [5, 5.41) is 19.6. The van der Waals surface area contributed by atoms with E-state index in [0.717, 1.165) is 41.0 Å². The molecule has 2 heterocycles. The van der Waals surface area contributed by atoms with Crippen LogP contribution in [0.1, 0.15) is 85.4 Å². The van der Waals surface area contributed by atoms with Crippen LogP contribution in [0.15, 0.2) is 48.5 Å². The standard InChI is InChI=1S/C31H43N7O2/c1-9-18-31(39-21(2)3,40-22(4)5)29-32-27(38(35-29)20-30(6,7)8)19-23-14-16-24(17-15-23)25-12-10-11-13-26(25)28-33-36-37-34-28/h10-17,21-22H,9,18-20H2,1-8H3,(H,33,34,36,37). The minimum atomic E-state index is -0.988. The van der Waals surface area contributed by atoms with Crippen molar-refractivity contribution < 1.29 is 9.47 Å². The molecule has 214 valence electrons. The summed E-state index contributed by atoms with van der Waals surface area (Å²) >= 11 is 0. The van der Waals surface area contributed by atoms with Gasteiger partial charge in [-0.25, -0.2) is 9.67 Å². The predicted octanol–water partition coefficient (Wildman–Crippen LogP) is 6.57. The average molecular weight is 546 g/mol. The molecule has 0 aliphatic heterocycles. The van der Waals surface area contributed by atoms with E-state index in [1.165, 1.54) is 0 Å². The fourth-order valence-electron chi connectivity index (χ4n) is 4.89. The molecule has 0 atom stereocenters. The van der Waals surface area contributed by atoms with Crippen LogP contribution in [-0.2, 0) is 28.2 Å². The van der Waals surface area contributed by atoms with Crippen molar-refractivity contribution >= 4 is 0 Å². The zero-order valence-electron chi connectivity index (χ0n) is 25.1. The SMILES string of the molecule is CCCC(OC(C)C)(OC(C)C)c1nc(Cc2ccc(-c3ccccc3-c3nn[nH]n3)cc2)n(CC(C)(C)C)n1. The van der Waals surface area contributed by atoms with Crippen LogP contribution in [0.5, 0.6) is 0 Å². The summed E-state index contributed by atoms with van der Waals surface area (Å²) in [4.78, 5) is 5.09. The van der Waals surface area contributed by atoms with Crippen LogP contribution in [0.4, 0.5) is 0 Å². The van der Waals surface area contributed by atoms with Crippen LogP contribution in [0.2, 0.25) is 0 Å². The van der Waals surface area contributed by atoms with Gasteiger partial charge in [0, 0.05) is 24.9 Å². The lowest BCUT2D eigenvalue weighted by atomic mass is 9.96. The number of nitrogens with one attached hydrogen (secondary N) is 1. The van der Waals surface area contributed by atoms with E-state index in [2.05, 4.69) is 78.7 Å². The predicted molar refractivity (Wildman–Crippen MR) is 156 cm³/mol. The van der Waals surface area contributed by atoms with Crippen molar-refractivity contribution in [2.75, 3.05) is 0 Å². The molecule has 9 heteroatoms. The number of ether oxygens (including phenoxy) is 2. The Balaban J connectivity index is 1.69. The van der Waals surface area contributed by atoms with Crippen LogP contribution >= 0.6 is 0 Å². The highest BCUT2D eigenvalue weighted by atomic mass is 16.7. The summed E-state index contributed by atoms with van der Waals surface area (Å²) in [6.45, 7) is 17.6. The highest BCUT2D eigenvalue weighted by molar-refractivity contribution is 5.80. The molecule has 40 heavy (non-hydrogen) atoms. The van der Waals surface area contributed by atoms with E-state index in [9.17, 15) is 0 Å². The minimum absolute atomic E-state index is 0.0215. The molecule has 4 rings (SSSR count). The molecule has 0 aliphatic carbocycles. The Morgan fingerprint density at radius 1 is 0.900 bits per heavy atom. The lowest BCUT2D eigenvalue weighted by Gasteiger charge is -2.34. The third-order valence-electron chi connectivity index (χ3n) is 6.28. The monoisotopic (exact) mass is 545 g/mol. The third kappa shape index (κ3) is 7.20. The molecule has 0 unspecified atom stereocenters. The van der Waals surface area contributed by atoms with Crippen molar-refractivity contribution in [1.82, 2.24) is 35.4 Å². The Hall–Kier alpha value is -3.43. The molecule has 9 nitrogen and oxygen atoms in total. The zero-order chi connectivity index (χ0) is 28.9. The first-order valence-corrected chi connectivity index (χ1v) is 14.2. The summed E-state index contributed by atoms with van der Waals surface area (Å²) in [5.41, 5.74) is 4.23. The van der Waals surface area contributed by atoms with Gasteiger partial charge in [0.15, 0.2) is 0 Å². The summed E-state index contributed by atoms with van der Waals surface area (Å²) in [5.74, 6) is 1.08. The fraction of sp³-hybridized carbons (Fsp3) is 0.516. The summed E-state index contributed by atoms with van der Waals surface area (Å²) in [7, 11) is 0. The van der Waals surface area contributed by atoms with Gasteiger partial charge in [-0.3, -0.25) is 0 Å². The van der Waals surface area contributed by atoms with Gasteiger partial charge in [-0.2, -0.15) is 10.3 Å². The Labute approximate surface area is 237 Å². The lowest BCUT2D eigenvalue weighted by Crippen LogP contribution is -2.39. The van der Waals surface area contributed by atoms with Crippen LogP contribution in [0.25, 0.3) is 22.5 Å². The molecule has 1 N–H and O–H groups in total. The van der Waals surface area contributed by atoms with Crippen LogP contribution in [-0.4, -0.2) is 47.6 Å². The smallest absolute Gasteiger partial charge is 0.232 e. The van der Waals surface area contributed by atoms with E-state index < -0.39 is 5.79 Å². The number of tetrazole rings is 1. The van der Waals surface area contributed by atoms with Crippen molar-refractivity contribution in [3.63, 3.8) is 0 Å². The van der Waals surface area contributed by atoms with Gasteiger partial charge < -0.3 is 9.47 Å². The molecule has 0 fully saturated rings. The normalized spacial score (nSPS) is 12.6. The molecule has 2 aromatic carbocycles. The van der Waals surface area contributed by atoms with Gasteiger partial charge >= 0.3 is 0 Å². The van der Waals surface area contributed by atoms with Crippen LogP contribution in [0, 0.1) is 5.41 Å². The summed E-state index contributed by atoms with van der Waals surface area (Å²) in [6, 6.07) is 16.6. The highest BCUT2D eigenvalue weighted by Crippen LogP contribution is 2.35. The van der Waals surface area contributed by atoms with Gasteiger partial charge in [0.25, 0.3) is 0 Å². The molecule has 0 aliphatic rings. The maximum absolute atomic E-state index is 6.45. The summed E-state index contributed by atoms with van der Waals surface area (Å²) in [6.07, 6.45) is 2.13. The van der Waals surface area contributed by atoms with Gasteiger partial charge in [-0.1, -0.05) is 82.6 Å². The maximum atomic E-state index is 6.45. The number of aromatic nitrogens is 7. The number of aromatic amines is 1. The van der Waals surface area contributed by atoms with Crippen molar-refractivity contribution in [3.05, 3.63) is 65.7 Å². The van der Waals surface area contributed by atoms with E-state index in [1.54, 1.807) is 0 Å². The van der Waals surface area contributed by atoms with Crippen LogP contribution < -0.4 is 0 Å². The number of H-pyrrole nitrogens is 1. The van der Waals surface area contributed by atoms with E-state index >= 15 is 0 Å². The molecule has 0 amide bonds. The van der Waals surface area contributed by atoms with Crippen molar-refractivity contribution in [2.45, 2.75) is 99.2 Å². The lowest BCUT2D eigenvalue weighted by molar-refractivity contribution is -0.286. The Bertz CT molecular complexity index is 1340. The van der Waals surface area contributed by atoms with Crippen LogP contribution in [0.3, 0.4) is 0 Å². The van der Waals surface area contributed by atoms with E-state index in [4.69, 9.17) is 19.6 Å². The number of rotatable bonds is 12. The number of nitrogens with zero attached hydrogens (tertiary/aromatic N) is 6. The molecule has 0 bridgehead atoms. The molecule has 2 aromatic heterocycles. The molecule has 0 saturated heterocycles. The quantitative estimate of drug-likeness (QED) is 0.201. The zero-order valence-corrected chi connectivity index (χ0v) is 25.1. The number of hydrogen-bond acceptors (Lipinski definition) is 7. The first-order valence-electron chi connectivity index (χ1n) is 14.2. The van der Waals surface area contributed by atoms with Crippen molar-refractivity contribution in [2.24, 2.45) is 5.41 Å². The Morgan fingerprint density at radius 2 is 1.55 bits per heavy atom. The molecule has 4 aromatic rings. The number of benzene rings is 2. The number of hydrogen-bond donors (Lipinski definition) is 1. The van der Waals surface area contributed by atoms with Gasteiger partial charge in [0.05, 0.1) is 12.2 Å². The van der Waals surface area contributed by atoms with Gasteiger partial charge in [0.1, 0.15) is 5.82 Å². The Morgan fingerprint density at radius 3 is 2.10 bits per heavy atom. The maximum Gasteiger partial charge on any atom is 0.232 e. The van der Waals surface area contributed by atoms with E-state index in [0.29, 0.717) is 24.5 Å². The molecule has 0 spiro atoms. The van der Waals surface area contributed by atoms with E-state index in [1.807, 2.05) is 50.6 Å². The fourth-order valence-corrected chi connectivity index (χ4v) is 4.89. The molecule has 0 radical (unpaired) electrons. The first kappa shape index (κ1) is 29.6.